The molecule has 3 aliphatic rings. The van der Waals surface area contributed by atoms with Crippen LogP contribution in [-0.2, 0) is 23.8 Å². The van der Waals surface area contributed by atoms with E-state index >= 15 is 0 Å². The van der Waals surface area contributed by atoms with E-state index in [4.69, 9.17) is 14.2 Å². The molecular formula is C40H68O10. The molecular weight excluding hydrogens is 640 g/mol. The molecule has 0 saturated carbocycles. The van der Waals surface area contributed by atoms with Crippen LogP contribution in [0.25, 0.3) is 0 Å². The number of esters is 1. The molecule has 50 heavy (non-hydrogen) atoms. The van der Waals surface area contributed by atoms with E-state index in [1.54, 1.807) is 26.8 Å². The van der Waals surface area contributed by atoms with Gasteiger partial charge in [-0.15, -0.1) is 0 Å². The van der Waals surface area contributed by atoms with Gasteiger partial charge in [0.05, 0.1) is 42.2 Å². The number of carbonyl (C=O) groups is 2. The summed E-state index contributed by atoms with van der Waals surface area (Å²) in [6, 6.07) is 0. The summed E-state index contributed by atoms with van der Waals surface area (Å²) in [6.45, 7) is 15.1. The van der Waals surface area contributed by atoms with Crippen molar-refractivity contribution in [2.24, 2.45) is 35.5 Å². The highest BCUT2D eigenvalue weighted by molar-refractivity contribution is 5.83. The second kappa shape index (κ2) is 18.9. The zero-order valence-electron chi connectivity index (χ0n) is 31.9. The van der Waals surface area contributed by atoms with Crippen molar-refractivity contribution in [2.75, 3.05) is 0 Å². The summed E-state index contributed by atoms with van der Waals surface area (Å²) in [5, 5.41) is 54.2. The largest absolute Gasteiger partial charge is 0.459 e. The van der Waals surface area contributed by atoms with Crippen molar-refractivity contribution in [3.8, 4) is 0 Å². The van der Waals surface area contributed by atoms with Crippen LogP contribution in [0.1, 0.15) is 126 Å². The molecule has 1 spiro atoms. The third kappa shape index (κ3) is 11.9. The van der Waals surface area contributed by atoms with Crippen molar-refractivity contribution in [3.63, 3.8) is 0 Å². The SMILES string of the molecule is CCC(O)CC1OC2(CCC1C)CC1OC(=O)C=CC(C)C(O)C(C)C(O)CC(O)C(C)(O)CCCC=CC(CC(C)C)C(=O)CC(O2)C1C. The lowest BCUT2D eigenvalue weighted by Gasteiger charge is -2.51. The number of allylic oxidation sites excluding steroid dienone is 2. The number of aliphatic hydroxyl groups excluding tert-OH is 4. The van der Waals surface area contributed by atoms with Gasteiger partial charge in [-0.3, -0.25) is 4.79 Å². The van der Waals surface area contributed by atoms with Gasteiger partial charge in [-0.1, -0.05) is 66.7 Å². The van der Waals surface area contributed by atoms with E-state index < -0.39 is 65.8 Å². The Labute approximate surface area is 300 Å². The quantitative estimate of drug-likeness (QED) is 0.184. The summed E-state index contributed by atoms with van der Waals surface area (Å²) in [6.07, 6.45) is 6.39. The summed E-state index contributed by atoms with van der Waals surface area (Å²) in [7, 11) is 0. The fourth-order valence-corrected chi connectivity index (χ4v) is 7.69. The van der Waals surface area contributed by atoms with Crippen LogP contribution < -0.4 is 0 Å². The predicted molar refractivity (Wildman–Crippen MR) is 192 cm³/mol. The van der Waals surface area contributed by atoms with E-state index in [0.717, 1.165) is 6.42 Å². The van der Waals surface area contributed by atoms with E-state index in [9.17, 15) is 35.1 Å². The Morgan fingerprint density at radius 3 is 2.32 bits per heavy atom. The number of ketones is 1. The van der Waals surface area contributed by atoms with E-state index in [2.05, 4.69) is 20.8 Å². The molecule has 0 aromatic rings. The smallest absolute Gasteiger partial charge is 0.330 e. The minimum atomic E-state index is -1.45. The molecule has 2 bridgehead atoms. The zero-order chi connectivity index (χ0) is 37.4. The predicted octanol–water partition coefficient (Wildman–Crippen LogP) is 5.41. The molecule has 2 saturated heterocycles. The maximum absolute atomic E-state index is 14.0. The first-order valence-corrected chi connectivity index (χ1v) is 19.3. The van der Waals surface area contributed by atoms with Gasteiger partial charge in [-0.05, 0) is 63.7 Å². The molecule has 0 aliphatic carbocycles. The highest BCUT2D eigenvalue weighted by Crippen LogP contribution is 2.45. The average molecular weight is 709 g/mol. The Balaban J connectivity index is 1.96. The van der Waals surface area contributed by atoms with E-state index in [-0.39, 0.29) is 54.8 Å². The van der Waals surface area contributed by atoms with Gasteiger partial charge in [0.25, 0.3) is 0 Å². The van der Waals surface area contributed by atoms with Crippen molar-refractivity contribution in [1.82, 2.24) is 0 Å². The van der Waals surface area contributed by atoms with Crippen molar-refractivity contribution >= 4 is 11.8 Å². The topological polar surface area (TPSA) is 163 Å². The van der Waals surface area contributed by atoms with Gasteiger partial charge in [-0.25, -0.2) is 4.79 Å². The molecule has 0 aromatic carbocycles. The first kappa shape index (κ1) is 42.8. The van der Waals surface area contributed by atoms with E-state index in [1.165, 1.54) is 6.08 Å². The Kier molecular flexibility index (Phi) is 16.2. The van der Waals surface area contributed by atoms with Gasteiger partial charge in [0, 0.05) is 55.4 Å². The number of carbonyl (C=O) groups excluding carboxylic acids is 2. The molecule has 2 fully saturated rings. The number of hydrogen-bond donors (Lipinski definition) is 5. The molecule has 0 radical (unpaired) electrons. The standard InChI is InChI=1S/C40H68O10/c1-9-30(41)20-33-25(4)16-18-40(49-33)23-35-28(7)34(50-40)21-32(43)29(19-24(2)3)13-11-10-12-17-39(8,47)36(44)22-31(42)27(6)38(46)26(5)14-15-37(45)48-35/h11,13-15,24-31,33-36,38,41-42,44,46-47H,9-10,12,16-23H2,1-8H3. The second-order valence-electron chi connectivity index (χ2n) is 16.5. The maximum Gasteiger partial charge on any atom is 0.330 e. The van der Waals surface area contributed by atoms with Crippen LogP contribution in [0.5, 0.6) is 0 Å². The number of hydrogen-bond acceptors (Lipinski definition) is 10. The molecule has 10 nitrogen and oxygen atoms in total. The highest BCUT2D eigenvalue weighted by atomic mass is 16.7. The number of aliphatic hydroxyl groups is 5. The third-order valence-corrected chi connectivity index (χ3v) is 11.6. The molecule has 3 heterocycles. The fraction of sp³-hybridized carbons (Fsp3) is 0.850. The molecule has 10 heteroatoms. The Morgan fingerprint density at radius 1 is 0.960 bits per heavy atom. The summed E-state index contributed by atoms with van der Waals surface area (Å²) in [5.74, 6) is -2.97. The average Bonchev–Trinajstić information content (AvgIpc) is 3.05. The lowest BCUT2D eigenvalue weighted by atomic mass is 9.79. The number of Topliss-reactive ketones (excluding diaryl/α,β-unsaturated/α-hetero) is 1. The summed E-state index contributed by atoms with van der Waals surface area (Å²) < 4.78 is 19.5. The van der Waals surface area contributed by atoms with Crippen LogP contribution in [0.4, 0.5) is 0 Å². The van der Waals surface area contributed by atoms with Gasteiger partial charge >= 0.3 is 5.97 Å². The van der Waals surface area contributed by atoms with E-state index in [0.29, 0.717) is 44.9 Å². The zero-order valence-corrected chi connectivity index (χ0v) is 31.9. The van der Waals surface area contributed by atoms with Crippen LogP contribution in [0.15, 0.2) is 24.3 Å². The summed E-state index contributed by atoms with van der Waals surface area (Å²) in [5.41, 5.74) is -1.45. The lowest BCUT2D eigenvalue weighted by Crippen LogP contribution is -2.57. The number of fused-ring (bicyclic) bond motifs is 2. The maximum atomic E-state index is 14.0. The first-order valence-electron chi connectivity index (χ1n) is 19.3. The van der Waals surface area contributed by atoms with Crippen LogP contribution in [0.3, 0.4) is 0 Å². The summed E-state index contributed by atoms with van der Waals surface area (Å²) in [4.78, 5) is 27.3. The van der Waals surface area contributed by atoms with Gasteiger partial charge in [0.1, 0.15) is 11.9 Å². The van der Waals surface area contributed by atoms with Gasteiger partial charge in [0.15, 0.2) is 5.79 Å². The minimum Gasteiger partial charge on any atom is -0.459 e. The van der Waals surface area contributed by atoms with Crippen molar-refractivity contribution in [2.45, 2.75) is 180 Å². The molecule has 5 N–H and O–H groups in total. The molecule has 3 aliphatic heterocycles. The first-order chi connectivity index (χ1) is 23.4. The molecule has 0 aromatic heterocycles. The van der Waals surface area contributed by atoms with Gasteiger partial charge < -0.3 is 39.7 Å². The monoisotopic (exact) mass is 708 g/mol. The fourth-order valence-electron chi connectivity index (χ4n) is 7.69. The van der Waals surface area contributed by atoms with Gasteiger partial charge in [0.2, 0.25) is 0 Å². The number of rotatable bonds is 5. The van der Waals surface area contributed by atoms with Gasteiger partial charge in [-0.2, -0.15) is 0 Å². The van der Waals surface area contributed by atoms with Crippen molar-refractivity contribution in [1.29, 1.82) is 0 Å². The highest BCUT2D eigenvalue weighted by Gasteiger charge is 2.52. The molecule has 0 amide bonds. The van der Waals surface area contributed by atoms with Crippen molar-refractivity contribution < 1.29 is 49.3 Å². The number of ether oxygens (including phenoxy) is 3. The molecule has 14 unspecified atom stereocenters. The van der Waals surface area contributed by atoms with Crippen LogP contribution >= 0.6 is 0 Å². The van der Waals surface area contributed by atoms with Crippen LogP contribution in [-0.4, -0.2) is 91.4 Å². The Bertz CT molecular complexity index is 1140. The van der Waals surface area contributed by atoms with Crippen LogP contribution in [0, 0.1) is 35.5 Å². The molecule has 14 atom stereocenters. The normalized spacial score (nSPS) is 42.5. The minimum absolute atomic E-state index is 0.0337. The Hall–Kier alpha value is -1.66. The lowest BCUT2D eigenvalue weighted by molar-refractivity contribution is -0.346. The molecule has 288 valence electrons. The Morgan fingerprint density at radius 2 is 1.66 bits per heavy atom. The van der Waals surface area contributed by atoms with Crippen LogP contribution in [0.2, 0.25) is 0 Å². The second-order valence-corrected chi connectivity index (χ2v) is 16.5. The molecule has 3 rings (SSSR count). The third-order valence-electron chi connectivity index (χ3n) is 11.6. The van der Waals surface area contributed by atoms with E-state index in [1.807, 2.05) is 26.0 Å². The summed E-state index contributed by atoms with van der Waals surface area (Å²) >= 11 is 0. The van der Waals surface area contributed by atoms with Crippen molar-refractivity contribution in [3.05, 3.63) is 24.3 Å².